The van der Waals surface area contributed by atoms with Crippen LogP contribution in [0.5, 0.6) is 5.75 Å². The summed E-state index contributed by atoms with van der Waals surface area (Å²) in [6.45, 7) is 0. The van der Waals surface area contributed by atoms with Gasteiger partial charge in [-0.3, -0.25) is 0 Å². The maximum Gasteiger partial charge on any atom is 0.340 e. The van der Waals surface area contributed by atoms with Crippen LogP contribution in [0.1, 0.15) is 0 Å². The Morgan fingerprint density at radius 3 is 1.87 bits per heavy atom. The first-order valence-corrected chi connectivity index (χ1v) is 8.05. The van der Waals surface area contributed by atoms with Crippen molar-refractivity contribution in [2.24, 2.45) is 0 Å². The van der Waals surface area contributed by atoms with Gasteiger partial charge in [-0.05, 0) is 18.2 Å². The van der Waals surface area contributed by atoms with E-state index in [1.807, 2.05) is 0 Å². The van der Waals surface area contributed by atoms with E-state index in [9.17, 15) is 30.4 Å². The Balaban J connectivity index is 2.58. The Bertz CT molecular complexity index is 875. The lowest BCUT2D eigenvalue weighted by Crippen LogP contribution is -2.14. The van der Waals surface area contributed by atoms with Crippen LogP contribution in [0.25, 0.3) is 0 Å². The number of rotatable bonds is 3. The fourth-order valence-electron chi connectivity index (χ4n) is 1.49. The van der Waals surface area contributed by atoms with Crippen molar-refractivity contribution in [3.8, 4) is 5.75 Å². The van der Waals surface area contributed by atoms with Gasteiger partial charge in [0, 0.05) is 4.47 Å². The molecule has 0 radical (unpaired) electrons. The van der Waals surface area contributed by atoms with Gasteiger partial charge in [-0.25, -0.2) is 13.2 Å². The van der Waals surface area contributed by atoms with E-state index in [1.54, 1.807) is 0 Å². The molecule has 3 nitrogen and oxygen atoms in total. The highest BCUT2D eigenvalue weighted by atomic mass is 79.9. The third-order valence-corrected chi connectivity index (χ3v) is 4.72. The molecule has 0 fully saturated rings. The molecule has 0 N–H and O–H groups in total. The normalized spacial score (nSPS) is 11.6. The zero-order chi connectivity index (χ0) is 17.5. The molecule has 0 heterocycles. The summed E-state index contributed by atoms with van der Waals surface area (Å²) >= 11 is 8.66. The summed E-state index contributed by atoms with van der Waals surface area (Å²) < 4.78 is 94.3. The standard InChI is InChI=1S/C12H3BrClF5O3S/c13-4-1-2-6(5(14)3-4)23(20,21)22-12-10(18)8(16)7(15)9(17)11(12)19/h1-3H. The zero-order valence-corrected chi connectivity index (χ0v) is 13.7. The molecule has 0 unspecified atom stereocenters. The van der Waals surface area contributed by atoms with Gasteiger partial charge < -0.3 is 4.18 Å². The van der Waals surface area contributed by atoms with E-state index in [0.29, 0.717) is 4.47 Å². The second kappa shape index (κ2) is 6.25. The molecule has 0 spiro atoms. The lowest BCUT2D eigenvalue weighted by Gasteiger charge is -2.11. The second-order valence-corrected chi connectivity index (χ2v) is 6.85. The summed E-state index contributed by atoms with van der Waals surface area (Å²) in [6, 6.07) is 3.28. The Morgan fingerprint density at radius 1 is 0.913 bits per heavy atom. The minimum atomic E-state index is -4.94. The lowest BCUT2D eigenvalue weighted by molar-refractivity contribution is 0.346. The summed E-state index contributed by atoms with van der Waals surface area (Å²) in [4.78, 5) is -0.716. The van der Waals surface area contributed by atoms with Gasteiger partial charge in [-0.15, -0.1) is 0 Å². The van der Waals surface area contributed by atoms with Crippen LogP contribution in [0.2, 0.25) is 5.02 Å². The third kappa shape index (κ3) is 3.29. The molecule has 0 bridgehead atoms. The smallest absolute Gasteiger partial charge is 0.340 e. The van der Waals surface area contributed by atoms with Gasteiger partial charge in [0.2, 0.25) is 34.8 Å². The number of benzene rings is 2. The highest BCUT2D eigenvalue weighted by Crippen LogP contribution is 2.33. The van der Waals surface area contributed by atoms with Crippen molar-refractivity contribution in [2.45, 2.75) is 4.90 Å². The molecule has 0 saturated carbocycles. The molecule has 0 saturated heterocycles. The third-order valence-electron chi connectivity index (χ3n) is 2.53. The van der Waals surface area contributed by atoms with Crippen molar-refractivity contribution in [3.63, 3.8) is 0 Å². The van der Waals surface area contributed by atoms with E-state index in [1.165, 1.54) is 6.07 Å². The minimum absolute atomic E-state index is 0.386. The van der Waals surface area contributed by atoms with Crippen molar-refractivity contribution in [3.05, 3.63) is 56.8 Å². The fraction of sp³-hybridized carbons (Fsp3) is 0. The van der Waals surface area contributed by atoms with Crippen LogP contribution in [0.15, 0.2) is 27.6 Å². The van der Waals surface area contributed by atoms with E-state index < -0.39 is 49.8 Å². The fourth-order valence-corrected chi connectivity index (χ4v) is 3.44. The molecule has 2 aromatic rings. The lowest BCUT2D eigenvalue weighted by atomic mass is 10.3. The maximum atomic E-state index is 13.5. The molecular formula is C12H3BrClF5O3S. The van der Waals surface area contributed by atoms with E-state index >= 15 is 0 Å². The van der Waals surface area contributed by atoms with Crippen LogP contribution in [0, 0.1) is 29.1 Å². The second-order valence-electron chi connectivity index (χ2n) is 4.01. The van der Waals surface area contributed by atoms with E-state index in [4.69, 9.17) is 11.6 Å². The highest BCUT2D eigenvalue weighted by molar-refractivity contribution is 9.10. The molecule has 11 heteroatoms. The van der Waals surface area contributed by atoms with Crippen LogP contribution < -0.4 is 4.18 Å². The van der Waals surface area contributed by atoms with Crippen LogP contribution in [0.3, 0.4) is 0 Å². The van der Waals surface area contributed by atoms with Gasteiger partial charge in [0.05, 0.1) is 5.02 Å². The molecule has 0 aliphatic rings. The predicted molar refractivity (Wildman–Crippen MR) is 73.2 cm³/mol. The SMILES string of the molecule is O=S(=O)(Oc1c(F)c(F)c(F)c(F)c1F)c1ccc(Br)cc1Cl. The molecular weight excluding hydrogens is 435 g/mol. The van der Waals surface area contributed by atoms with Crippen molar-refractivity contribution in [1.29, 1.82) is 0 Å². The molecule has 2 rings (SSSR count). The summed E-state index contributed by atoms with van der Waals surface area (Å²) in [6.07, 6.45) is 0. The van der Waals surface area contributed by atoms with E-state index in [0.717, 1.165) is 12.1 Å². The highest BCUT2D eigenvalue weighted by Gasteiger charge is 2.31. The van der Waals surface area contributed by atoms with Crippen molar-refractivity contribution < 1.29 is 34.6 Å². The Hall–Kier alpha value is -1.39. The van der Waals surface area contributed by atoms with Crippen LogP contribution in [-0.2, 0) is 10.1 Å². The maximum absolute atomic E-state index is 13.5. The number of halogens is 7. The quantitative estimate of drug-likeness (QED) is 0.306. The number of hydrogen-bond donors (Lipinski definition) is 0. The summed E-state index contributed by atoms with van der Waals surface area (Å²) in [5.41, 5.74) is 0. The molecule has 0 aliphatic heterocycles. The van der Waals surface area contributed by atoms with Gasteiger partial charge in [0.25, 0.3) is 0 Å². The molecule has 124 valence electrons. The molecule has 0 aromatic heterocycles. The van der Waals surface area contributed by atoms with E-state index in [2.05, 4.69) is 20.1 Å². The van der Waals surface area contributed by atoms with Gasteiger partial charge in [-0.2, -0.15) is 17.2 Å². The molecule has 0 amide bonds. The van der Waals surface area contributed by atoms with Crippen LogP contribution in [-0.4, -0.2) is 8.42 Å². The van der Waals surface area contributed by atoms with E-state index in [-0.39, 0.29) is 5.02 Å². The first-order chi connectivity index (χ1) is 10.6. The monoisotopic (exact) mass is 436 g/mol. The predicted octanol–water partition coefficient (Wildman–Crippen LogP) is 4.57. The molecule has 0 aliphatic carbocycles. The molecule has 2 aromatic carbocycles. The summed E-state index contributed by atoms with van der Waals surface area (Å²) in [7, 11) is -4.94. The van der Waals surface area contributed by atoms with Crippen LogP contribution >= 0.6 is 27.5 Å². The average Bonchev–Trinajstić information content (AvgIpc) is 2.47. The zero-order valence-electron chi connectivity index (χ0n) is 10.5. The summed E-state index contributed by atoms with van der Waals surface area (Å²) in [5.74, 6) is -13.9. The van der Waals surface area contributed by atoms with Gasteiger partial charge in [0.1, 0.15) is 4.90 Å². The number of hydrogen-bond acceptors (Lipinski definition) is 3. The first kappa shape index (κ1) is 18.0. The van der Waals surface area contributed by atoms with Gasteiger partial charge in [0.15, 0.2) is 0 Å². The topological polar surface area (TPSA) is 43.4 Å². The largest absolute Gasteiger partial charge is 0.372 e. The Labute approximate surface area is 139 Å². The van der Waals surface area contributed by atoms with Crippen molar-refractivity contribution in [2.75, 3.05) is 0 Å². The van der Waals surface area contributed by atoms with Crippen molar-refractivity contribution >= 4 is 37.6 Å². The average molecular weight is 438 g/mol. The summed E-state index contributed by atoms with van der Waals surface area (Å²) in [5, 5.41) is -0.386. The molecule has 23 heavy (non-hydrogen) atoms. The van der Waals surface area contributed by atoms with Gasteiger partial charge >= 0.3 is 10.1 Å². The Kier molecular flexibility index (Phi) is 4.88. The van der Waals surface area contributed by atoms with Crippen LogP contribution in [0.4, 0.5) is 22.0 Å². The van der Waals surface area contributed by atoms with Crippen molar-refractivity contribution in [1.82, 2.24) is 0 Å². The molecule has 0 atom stereocenters. The first-order valence-electron chi connectivity index (χ1n) is 5.47. The minimum Gasteiger partial charge on any atom is -0.372 e. The Morgan fingerprint density at radius 2 is 1.39 bits per heavy atom. The van der Waals surface area contributed by atoms with Gasteiger partial charge in [-0.1, -0.05) is 27.5 Å².